The summed E-state index contributed by atoms with van der Waals surface area (Å²) in [6.45, 7) is 7.80. The fourth-order valence-electron chi connectivity index (χ4n) is 1.76. The van der Waals surface area contributed by atoms with Gasteiger partial charge in [-0.25, -0.2) is 0 Å². The van der Waals surface area contributed by atoms with E-state index in [0.717, 1.165) is 13.1 Å². The van der Waals surface area contributed by atoms with Crippen molar-refractivity contribution in [1.82, 2.24) is 5.32 Å². The zero-order chi connectivity index (χ0) is 9.52. The molecule has 0 amide bonds. The number of nitrogens with zero attached hydrogens (tertiary/aromatic N) is 1. The molecule has 1 rings (SSSR count). The van der Waals surface area contributed by atoms with Crippen LogP contribution in [0.15, 0.2) is 28.9 Å². The Labute approximate surface area is 80.4 Å². The molecule has 0 aromatic rings. The topological polar surface area (TPSA) is 24.4 Å². The Morgan fingerprint density at radius 2 is 2.15 bits per heavy atom. The van der Waals surface area contributed by atoms with Crippen LogP contribution in [0.25, 0.3) is 0 Å². The molecule has 1 saturated heterocycles. The lowest BCUT2D eigenvalue weighted by Gasteiger charge is -2.23. The van der Waals surface area contributed by atoms with Crippen molar-refractivity contribution in [3.8, 4) is 0 Å². The monoisotopic (exact) mass is 178 g/mol. The van der Waals surface area contributed by atoms with Gasteiger partial charge in [0.05, 0.1) is 0 Å². The van der Waals surface area contributed by atoms with Crippen LogP contribution >= 0.6 is 0 Å². The Morgan fingerprint density at radius 1 is 1.46 bits per heavy atom. The summed E-state index contributed by atoms with van der Waals surface area (Å²) in [7, 11) is 0. The number of nitrogens with one attached hydrogen (secondary N) is 1. The zero-order valence-corrected chi connectivity index (χ0v) is 8.29. The van der Waals surface area contributed by atoms with E-state index in [2.05, 4.69) is 36.1 Å². The van der Waals surface area contributed by atoms with Crippen LogP contribution in [-0.2, 0) is 0 Å². The zero-order valence-electron chi connectivity index (χ0n) is 8.29. The van der Waals surface area contributed by atoms with E-state index in [1.165, 1.54) is 18.4 Å². The maximum Gasteiger partial charge on any atom is 0.0263 e. The number of hydrogen-bond donors (Lipinski definition) is 1. The number of rotatable bonds is 3. The second kappa shape index (κ2) is 5.70. The summed E-state index contributed by atoms with van der Waals surface area (Å²) in [6.07, 6.45) is 8.50. The summed E-state index contributed by atoms with van der Waals surface area (Å²) >= 11 is 0. The van der Waals surface area contributed by atoms with Crippen molar-refractivity contribution in [3.05, 3.63) is 23.9 Å². The van der Waals surface area contributed by atoms with Crippen LogP contribution in [0, 0.1) is 5.92 Å². The van der Waals surface area contributed by atoms with Gasteiger partial charge in [-0.1, -0.05) is 6.08 Å². The average molecular weight is 178 g/mol. The first-order valence-corrected chi connectivity index (χ1v) is 4.87. The Hall–Kier alpha value is -0.890. The van der Waals surface area contributed by atoms with Gasteiger partial charge in [0.2, 0.25) is 0 Å². The minimum atomic E-state index is 0.712. The van der Waals surface area contributed by atoms with Crippen LogP contribution in [0.3, 0.4) is 0 Å². The SMILES string of the molecule is C=N/C=C\C(=C/C)C1CCNCC1. The van der Waals surface area contributed by atoms with Crippen molar-refractivity contribution in [2.75, 3.05) is 13.1 Å². The van der Waals surface area contributed by atoms with Crippen LogP contribution in [0.1, 0.15) is 19.8 Å². The molecule has 2 nitrogen and oxygen atoms in total. The summed E-state index contributed by atoms with van der Waals surface area (Å²) in [4.78, 5) is 3.73. The molecule has 1 aliphatic heterocycles. The highest BCUT2D eigenvalue weighted by atomic mass is 14.9. The molecule has 0 bridgehead atoms. The van der Waals surface area contributed by atoms with E-state index in [0.29, 0.717) is 5.92 Å². The number of piperidine rings is 1. The first-order chi connectivity index (χ1) is 6.38. The molecule has 1 fully saturated rings. The number of allylic oxidation sites excluding steroid dienone is 3. The van der Waals surface area contributed by atoms with E-state index in [-0.39, 0.29) is 0 Å². The van der Waals surface area contributed by atoms with Gasteiger partial charge in [0.15, 0.2) is 0 Å². The maximum atomic E-state index is 3.73. The molecule has 0 unspecified atom stereocenters. The van der Waals surface area contributed by atoms with E-state index in [9.17, 15) is 0 Å². The van der Waals surface area contributed by atoms with Crippen molar-refractivity contribution >= 4 is 6.72 Å². The van der Waals surface area contributed by atoms with E-state index in [1.54, 1.807) is 6.20 Å². The molecule has 0 atom stereocenters. The van der Waals surface area contributed by atoms with E-state index >= 15 is 0 Å². The molecule has 72 valence electrons. The maximum absolute atomic E-state index is 3.73. The summed E-state index contributed by atoms with van der Waals surface area (Å²) in [5.41, 5.74) is 1.40. The molecule has 2 heteroatoms. The number of hydrogen-bond acceptors (Lipinski definition) is 2. The Morgan fingerprint density at radius 3 is 2.69 bits per heavy atom. The first kappa shape index (κ1) is 10.2. The van der Waals surface area contributed by atoms with Gasteiger partial charge in [-0.05, 0) is 57.1 Å². The van der Waals surface area contributed by atoms with Gasteiger partial charge in [-0.15, -0.1) is 0 Å². The van der Waals surface area contributed by atoms with Crippen molar-refractivity contribution in [2.45, 2.75) is 19.8 Å². The van der Waals surface area contributed by atoms with Crippen LogP contribution in [0.5, 0.6) is 0 Å². The number of aliphatic imine (C=N–C) groups is 1. The third kappa shape index (κ3) is 3.15. The van der Waals surface area contributed by atoms with Gasteiger partial charge in [0.1, 0.15) is 0 Å². The van der Waals surface area contributed by atoms with E-state index in [1.807, 2.05) is 0 Å². The lowest BCUT2D eigenvalue weighted by Crippen LogP contribution is -2.28. The first-order valence-electron chi connectivity index (χ1n) is 4.87. The Bertz CT molecular complexity index is 210. The average Bonchev–Trinajstić information content (AvgIpc) is 2.21. The van der Waals surface area contributed by atoms with E-state index < -0.39 is 0 Å². The molecule has 0 radical (unpaired) electrons. The van der Waals surface area contributed by atoms with Gasteiger partial charge in [0.25, 0.3) is 0 Å². The van der Waals surface area contributed by atoms with Gasteiger partial charge >= 0.3 is 0 Å². The van der Waals surface area contributed by atoms with Gasteiger partial charge < -0.3 is 5.32 Å². The van der Waals surface area contributed by atoms with Crippen LogP contribution in [0.4, 0.5) is 0 Å². The van der Waals surface area contributed by atoms with E-state index in [4.69, 9.17) is 0 Å². The molecule has 0 aromatic carbocycles. The second-order valence-corrected chi connectivity index (χ2v) is 3.31. The fraction of sp³-hybridized carbons (Fsp3) is 0.545. The summed E-state index contributed by atoms with van der Waals surface area (Å²) < 4.78 is 0. The van der Waals surface area contributed by atoms with Crippen molar-refractivity contribution in [3.63, 3.8) is 0 Å². The minimum Gasteiger partial charge on any atom is -0.317 e. The molecule has 1 aliphatic rings. The molecule has 0 aliphatic carbocycles. The van der Waals surface area contributed by atoms with Crippen LogP contribution in [0.2, 0.25) is 0 Å². The molecule has 13 heavy (non-hydrogen) atoms. The molecule has 1 N–H and O–H groups in total. The Balaban J connectivity index is 2.54. The molecule has 0 aromatic heterocycles. The predicted molar refractivity (Wildman–Crippen MR) is 58.0 cm³/mol. The standard InChI is InChI=1S/C11H18N2/c1-3-10(4-7-12-2)11-5-8-13-9-6-11/h3-4,7,11,13H,2,5-6,8-9H2,1H3/b7-4-,10-3+. The third-order valence-corrected chi connectivity index (χ3v) is 2.52. The molecule has 0 saturated carbocycles. The van der Waals surface area contributed by atoms with Crippen molar-refractivity contribution in [1.29, 1.82) is 0 Å². The van der Waals surface area contributed by atoms with Crippen molar-refractivity contribution in [2.24, 2.45) is 10.9 Å². The normalized spacial score (nSPS) is 20.8. The van der Waals surface area contributed by atoms with Crippen molar-refractivity contribution < 1.29 is 0 Å². The minimum absolute atomic E-state index is 0.712. The van der Waals surface area contributed by atoms with Gasteiger partial charge in [-0.3, -0.25) is 4.99 Å². The second-order valence-electron chi connectivity index (χ2n) is 3.31. The fourth-order valence-corrected chi connectivity index (χ4v) is 1.76. The summed E-state index contributed by atoms with van der Waals surface area (Å²) in [6, 6.07) is 0. The lowest BCUT2D eigenvalue weighted by atomic mass is 9.90. The summed E-state index contributed by atoms with van der Waals surface area (Å²) in [5.74, 6) is 0.712. The molecular weight excluding hydrogens is 160 g/mol. The van der Waals surface area contributed by atoms with Crippen LogP contribution in [-0.4, -0.2) is 19.8 Å². The molecule has 1 heterocycles. The van der Waals surface area contributed by atoms with Gasteiger partial charge in [0, 0.05) is 6.20 Å². The van der Waals surface area contributed by atoms with Crippen LogP contribution < -0.4 is 5.32 Å². The molecular formula is C11H18N2. The highest BCUT2D eigenvalue weighted by Gasteiger charge is 2.14. The highest BCUT2D eigenvalue weighted by Crippen LogP contribution is 2.22. The third-order valence-electron chi connectivity index (χ3n) is 2.52. The molecule has 0 spiro atoms. The summed E-state index contributed by atoms with van der Waals surface area (Å²) in [5, 5.41) is 3.36. The highest BCUT2D eigenvalue weighted by molar-refractivity contribution is 5.28. The predicted octanol–water partition coefficient (Wildman–Crippen LogP) is 2.15. The lowest BCUT2D eigenvalue weighted by molar-refractivity contribution is 0.425. The van der Waals surface area contributed by atoms with Gasteiger partial charge in [-0.2, -0.15) is 0 Å². The quantitative estimate of drug-likeness (QED) is 0.519. The smallest absolute Gasteiger partial charge is 0.0263 e. The Kier molecular flexibility index (Phi) is 4.47. The largest absolute Gasteiger partial charge is 0.317 e.